The molecule has 2 rings (SSSR count). The van der Waals surface area contributed by atoms with Gasteiger partial charge in [0.1, 0.15) is 0 Å². The molecular formula is C12H11ClN2. The summed E-state index contributed by atoms with van der Waals surface area (Å²) in [7, 11) is 0. The van der Waals surface area contributed by atoms with Crippen LogP contribution in [0.3, 0.4) is 0 Å². The van der Waals surface area contributed by atoms with Crippen LogP contribution in [0.5, 0.6) is 0 Å². The minimum absolute atomic E-state index is 0.577. The monoisotopic (exact) mass is 218 g/mol. The van der Waals surface area contributed by atoms with Crippen LogP contribution >= 0.6 is 11.6 Å². The Hall–Kier alpha value is -1.54. The maximum absolute atomic E-state index is 5.95. The zero-order valence-corrected chi connectivity index (χ0v) is 9.12. The summed E-state index contributed by atoms with van der Waals surface area (Å²) < 4.78 is 0. The summed E-state index contributed by atoms with van der Waals surface area (Å²) in [5.74, 6) is 0. The molecule has 0 fully saturated rings. The Morgan fingerprint density at radius 2 is 1.87 bits per heavy atom. The van der Waals surface area contributed by atoms with Crippen molar-refractivity contribution in [3.05, 3.63) is 47.2 Å². The van der Waals surface area contributed by atoms with Gasteiger partial charge in [0.05, 0.1) is 10.7 Å². The molecule has 0 spiro atoms. The second-order valence-electron chi connectivity index (χ2n) is 3.42. The molecule has 2 N–H and O–H groups in total. The van der Waals surface area contributed by atoms with E-state index in [1.54, 1.807) is 6.07 Å². The molecule has 0 aliphatic heterocycles. The highest BCUT2D eigenvalue weighted by Crippen LogP contribution is 2.26. The van der Waals surface area contributed by atoms with E-state index in [0.717, 1.165) is 16.8 Å². The Morgan fingerprint density at radius 3 is 2.47 bits per heavy atom. The Balaban J connectivity index is 2.45. The van der Waals surface area contributed by atoms with Crippen LogP contribution in [0, 0.1) is 6.92 Å². The Morgan fingerprint density at radius 1 is 1.13 bits per heavy atom. The molecule has 0 radical (unpaired) electrons. The van der Waals surface area contributed by atoms with Gasteiger partial charge in [-0.05, 0) is 30.7 Å². The van der Waals surface area contributed by atoms with E-state index in [0.29, 0.717) is 10.7 Å². The molecule has 1 aromatic heterocycles. The topological polar surface area (TPSA) is 38.9 Å². The number of nitrogens with zero attached hydrogens (tertiary/aromatic N) is 1. The number of anilines is 1. The average molecular weight is 219 g/mol. The van der Waals surface area contributed by atoms with Crippen molar-refractivity contribution < 1.29 is 0 Å². The molecule has 0 amide bonds. The van der Waals surface area contributed by atoms with Gasteiger partial charge < -0.3 is 5.73 Å². The van der Waals surface area contributed by atoms with Crippen molar-refractivity contribution in [2.24, 2.45) is 0 Å². The summed E-state index contributed by atoms with van der Waals surface area (Å²) in [5, 5.41) is 0.577. The molecule has 0 saturated carbocycles. The van der Waals surface area contributed by atoms with Crippen LogP contribution < -0.4 is 5.73 Å². The third-order valence-electron chi connectivity index (χ3n) is 2.25. The highest BCUT2D eigenvalue weighted by atomic mass is 35.5. The highest BCUT2D eigenvalue weighted by Gasteiger charge is 2.01. The van der Waals surface area contributed by atoms with Crippen LogP contribution in [0.4, 0.5) is 5.69 Å². The zero-order chi connectivity index (χ0) is 10.8. The van der Waals surface area contributed by atoms with Gasteiger partial charge in [-0.25, -0.2) is 0 Å². The first-order valence-corrected chi connectivity index (χ1v) is 5.02. The van der Waals surface area contributed by atoms with Crippen LogP contribution in [-0.4, -0.2) is 4.98 Å². The predicted molar refractivity (Wildman–Crippen MR) is 63.8 cm³/mol. The van der Waals surface area contributed by atoms with Crippen molar-refractivity contribution in [1.82, 2.24) is 4.98 Å². The number of aromatic nitrogens is 1. The van der Waals surface area contributed by atoms with E-state index in [1.807, 2.05) is 37.4 Å². The largest absolute Gasteiger partial charge is 0.398 e. The molecule has 0 aliphatic carbocycles. The summed E-state index contributed by atoms with van der Waals surface area (Å²) in [5.41, 5.74) is 9.31. The summed E-state index contributed by atoms with van der Waals surface area (Å²) in [6, 6.07) is 9.58. The first-order chi connectivity index (χ1) is 7.16. The lowest BCUT2D eigenvalue weighted by Crippen LogP contribution is -1.87. The van der Waals surface area contributed by atoms with Crippen molar-refractivity contribution in [3.8, 4) is 11.1 Å². The van der Waals surface area contributed by atoms with Gasteiger partial charge in [0.2, 0.25) is 0 Å². The summed E-state index contributed by atoms with van der Waals surface area (Å²) in [6.07, 6.45) is 1.83. The van der Waals surface area contributed by atoms with E-state index in [4.69, 9.17) is 17.3 Å². The maximum Gasteiger partial charge on any atom is 0.0641 e. The number of nitrogen functional groups attached to an aromatic ring is 1. The van der Waals surface area contributed by atoms with E-state index >= 15 is 0 Å². The molecule has 3 heteroatoms. The number of hydrogen-bond donors (Lipinski definition) is 1. The lowest BCUT2D eigenvalue weighted by molar-refractivity contribution is 1.20. The van der Waals surface area contributed by atoms with E-state index in [1.165, 1.54) is 0 Å². The SMILES string of the molecule is Cc1ccc(-c2ccc(N)c(Cl)c2)cn1. The first-order valence-electron chi connectivity index (χ1n) is 4.65. The predicted octanol–water partition coefficient (Wildman–Crippen LogP) is 3.29. The molecule has 1 heterocycles. The quantitative estimate of drug-likeness (QED) is 0.746. The molecule has 76 valence electrons. The van der Waals surface area contributed by atoms with Gasteiger partial charge in [0.15, 0.2) is 0 Å². The number of pyridine rings is 1. The van der Waals surface area contributed by atoms with Crippen molar-refractivity contribution in [2.45, 2.75) is 6.92 Å². The van der Waals surface area contributed by atoms with Crippen LogP contribution in [0.25, 0.3) is 11.1 Å². The van der Waals surface area contributed by atoms with Crippen molar-refractivity contribution in [1.29, 1.82) is 0 Å². The van der Waals surface area contributed by atoms with Gasteiger partial charge in [-0.3, -0.25) is 4.98 Å². The fraction of sp³-hybridized carbons (Fsp3) is 0.0833. The number of nitrogens with two attached hydrogens (primary N) is 1. The van der Waals surface area contributed by atoms with E-state index in [-0.39, 0.29) is 0 Å². The van der Waals surface area contributed by atoms with E-state index in [9.17, 15) is 0 Å². The average Bonchev–Trinajstić information content (AvgIpc) is 2.23. The Bertz CT molecular complexity index is 477. The molecule has 0 aliphatic rings. The number of aryl methyl sites for hydroxylation is 1. The summed E-state index contributed by atoms with van der Waals surface area (Å²) in [4.78, 5) is 4.23. The molecule has 0 bridgehead atoms. The number of halogens is 1. The van der Waals surface area contributed by atoms with E-state index in [2.05, 4.69) is 4.98 Å². The van der Waals surface area contributed by atoms with Gasteiger partial charge in [-0.2, -0.15) is 0 Å². The fourth-order valence-electron chi connectivity index (χ4n) is 1.35. The minimum atomic E-state index is 0.577. The molecule has 2 aromatic rings. The van der Waals surface area contributed by atoms with Crippen LogP contribution in [-0.2, 0) is 0 Å². The first kappa shape index (κ1) is 9.99. The Kier molecular flexibility index (Phi) is 2.60. The maximum atomic E-state index is 5.95. The summed E-state index contributed by atoms with van der Waals surface area (Å²) in [6.45, 7) is 1.96. The molecule has 1 aromatic carbocycles. The smallest absolute Gasteiger partial charge is 0.0641 e. The van der Waals surface area contributed by atoms with E-state index < -0.39 is 0 Å². The minimum Gasteiger partial charge on any atom is -0.398 e. The second kappa shape index (κ2) is 3.91. The lowest BCUT2D eigenvalue weighted by atomic mass is 10.1. The van der Waals surface area contributed by atoms with Crippen LogP contribution in [0.1, 0.15) is 5.69 Å². The number of hydrogen-bond acceptors (Lipinski definition) is 2. The van der Waals surface area contributed by atoms with Crippen molar-refractivity contribution in [2.75, 3.05) is 5.73 Å². The van der Waals surface area contributed by atoms with Crippen LogP contribution in [0.2, 0.25) is 5.02 Å². The third-order valence-corrected chi connectivity index (χ3v) is 2.57. The molecule has 15 heavy (non-hydrogen) atoms. The normalized spacial score (nSPS) is 10.3. The van der Waals surface area contributed by atoms with Gasteiger partial charge in [-0.1, -0.05) is 23.7 Å². The molecular weight excluding hydrogens is 208 g/mol. The summed E-state index contributed by atoms with van der Waals surface area (Å²) >= 11 is 5.95. The Labute approximate surface area is 93.7 Å². The number of benzene rings is 1. The lowest BCUT2D eigenvalue weighted by Gasteiger charge is -2.04. The third kappa shape index (κ3) is 2.10. The fourth-order valence-corrected chi connectivity index (χ4v) is 1.53. The molecule has 0 atom stereocenters. The second-order valence-corrected chi connectivity index (χ2v) is 3.83. The van der Waals surface area contributed by atoms with Gasteiger partial charge in [-0.15, -0.1) is 0 Å². The van der Waals surface area contributed by atoms with Gasteiger partial charge in [0, 0.05) is 17.5 Å². The van der Waals surface area contributed by atoms with Gasteiger partial charge >= 0.3 is 0 Å². The van der Waals surface area contributed by atoms with Crippen molar-refractivity contribution >= 4 is 17.3 Å². The zero-order valence-electron chi connectivity index (χ0n) is 8.37. The highest BCUT2D eigenvalue weighted by molar-refractivity contribution is 6.33. The molecule has 0 saturated heterocycles. The van der Waals surface area contributed by atoms with Crippen LogP contribution in [0.15, 0.2) is 36.5 Å². The standard InChI is InChI=1S/C12H11ClN2/c1-8-2-3-10(7-15-8)9-4-5-12(14)11(13)6-9/h2-7H,14H2,1H3. The number of rotatable bonds is 1. The van der Waals surface area contributed by atoms with Gasteiger partial charge in [0.25, 0.3) is 0 Å². The molecule has 0 unspecified atom stereocenters. The van der Waals surface area contributed by atoms with Crippen molar-refractivity contribution in [3.63, 3.8) is 0 Å². The molecule has 2 nitrogen and oxygen atoms in total.